The van der Waals surface area contributed by atoms with Gasteiger partial charge in [-0.3, -0.25) is 4.79 Å². The second-order valence-corrected chi connectivity index (χ2v) is 5.05. The third-order valence-corrected chi connectivity index (χ3v) is 3.00. The summed E-state index contributed by atoms with van der Waals surface area (Å²) in [6, 6.07) is 7.73. The largest absolute Gasteiger partial charge is 0.424 e. The molecular weight excluding hydrogens is 318 g/mol. The van der Waals surface area contributed by atoms with Gasteiger partial charge in [0.15, 0.2) is 23.1 Å². The summed E-state index contributed by atoms with van der Waals surface area (Å²) in [4.78, 5) is 22.3. The number of hydrogen-bond donors (Lipinski definition) is 0. The minimum atomic E-state index is -0.772. The van der Waals surface area contributed by atoms with Crippen LogP contribution in [0.5, 0.6) is 11.5 Å². The number of carbonyl (C=O) groups is 2. The molecule has 2 aromatic carbocycles. The molecule has 0 fully saturated rings. The van der Waals surface area contributed by atoms with Gasteiger partial charge in [-0.2, -0.15) is 0 Å². The van der Waals surface area contributed by atoms with Crippen molar-refractivity contribution >= 4 is 11.9 Å². The Hall–Kier alpha value is -3.02. The lowest BCUT2D eigenvalue weighted by Crippen LogP contribution is -2.09. The molecular formula is C18H14F2O4. The standard InChI is InChI=1S/C18H14F2O4/c1-10(2)18(22)24-17-7-5-13(9-15(17)20)12-4-6-16(14(19)8-12)23-11(3)21/h4-9H,1H2,2-3H3. The molecule has 0 N–H and O–H groups in total. The normalized spacial score (nSPS) is 10.2. The zero-order valence-corrected chi connectivity index (χ0v) is 13.1. The third-order valence-electron chi connectivity index (χ3n) is 3.00. The Morgan fingerprint density at radius 2 is 1.33 bits per heavy atom. The molecule has 0 aliphatic rings. The molecule has 6 heteroatoms. The second-order valence-electron chi connectivity index (χ2n) is 5.05. The molecule has 0 radical (unpaired) electrons. The first kappa shape index (κ1) is 17.3. The number of rotatable bonds is 4. The van der Waals surface area contributed by atoms with E-state index in [1.807, 2.05) is 0 Å². The molecule has 0 aromatic heterocycles. The smallest absolute Gasteiger partial charge is 0.338 e. The van der Waals surface area contributed by atoms with Gasteiger partial charge in [0, 0.05) is 12.5 Å². The van der Waals surface area contributed by atoms with Crippen LogP contribution in [-0.4, -0.2) is 11.9 Å². The molecule has 4 nitrogen and oxygen atoms in total. The van der Waals surface area contributed by atoms with E-state index in [0.29, 0.717) is 11.1 Å². The predicted octanol–water partition coefficient (Wildman–Crippen LogP) is 4.04. The Labute approximate surface area is 137 Å². The number of hydrogen-bond acceptors (Lipinski definition) is 4. The van der Waals surface area contributed by atoms with Gasteiger partial charge in [0.2, 0.25) is 0 Å². The van der Waals surface area contributed by atoms with Gasteiger partial charge in [-0.25, -0.2) is 13.6 Å². The second kappa shape index (κ2) is 7.04. The van der Waals surface area contributed by atoms with E-state index in [2.05, 4.69) is 6.58 Å². The van der Waals surface area contributed by atoms with E-state index in [-0.39, 0.29) is 17.1 Å². The van der Waals surface area contributed by atoms with Gasteiger partial charge in [0.25, 0.3) is 0 Å². The average Bonchev–Trinajstić information content (AvgIpc) is 2.50. The molecule has 0 aliphatic heterocycles. The molecule has 0 heterocycles. The van der Waals surface area contributed by atoms with Crippen LogP contribution in [0.1, 0.15) is 13.8 Å². The molecule has 2 aromatic rings. The fourth-order valence-electron chi connectivity index (χ4n) is 1.87. The molecule has 0 saturated carbocycles. The topological polar surface area (TPSA) is 52.6 Å². The fourth-order valence-corrected chi connectivity index (χ4v) is 1.87. The number of esters is 2. The maximum Gasteiger partial charge on any atom is 0.338 e. The van der Waals surface area contributed by atoms with Gasteiger partial charge in [-0.1, -0.05) is 18.7 Å². The van der Waals surface area contributed by atoms with E-state index < -0.39 is 23.6 Å². The van der Waals surface area contributed by atoms with Crippen LogP contribution in [0.15, 0.2) is 48.6 Å². The summed E-state index contributed by atoms with van der Waals surface area (Å²) < 4.78 is 37.5. The van der Waals surface area contributed by atoms with Crippen molar-refractivity contribution < 1.29 is 27.8 Å². The van der Waals surface area contributed by atoms with Crippen molar-refractivity contribution in [3.05, 3.63) is 60.2 Å². The summed E-state index contributed by atoms with van der Waals surface area (Å²) in [5.74, 6) is -3.36. The van der Waals surface area contributed by atoms with E-state index in [9.17, 15) is 18.4 Å². The van der Waals surface area contributed by atoms with Gasteiger partial charge in [-0.05, 0) is 42.3 Å². The van der Waals surface area contributed by atoms with Crippen molar-refractivity contribution in [2.45, 2.75) is 13.8 Å². The summed E-state index contributed by atoms with van der Waals surface area (Å²) >= 11 is 0. The highest BCUT2D eigenvalue weighted by atomic mass is 19.1. The van der Waals surface area contributed by atoms with Crippen molar-refractivity contribution in [3.63, 3.8) is 0 Å². The summed E-state index contributed by atoms with van der Waals surface area (Å²) in [5, 5.41) is 0. The molecule has 0 saturated heterocycles. The monoisotopic (exact) mass is 332 g/mol. The Balaban J connectivity index is 2.28. The first-order valence-corrected chi connectivity index (χ1v) is 6.93. The summed E-state index contributed by atoms with van der Waals surface area (Å²) in [7, 11) is 0. The van der Waals surface area contributed by atoms with Gasteiger partial charge < -0.3 is 9.47 Å². The molecule has 0 aliphatic carbocycles. The van der Waals surface area contributed by atoms with Crippen LogP contribution in [-0.2, 0) is 9.59 Å². The maximum absolute atomic E-state index is 14.0. The maximum atomic E-state index is 14.0. The SMILES string of the molecule is C=C(C)C(=O)Oc1ccc(-c2ccc(OC(C)=O)c(F)c2)cc1F. The zero-order valence-electron chi connectivity index (χ0n) is 13.1. The van der Waals surface area contributed by atoms with E-state index in [1.54, 1.807) is 0 Å². The number of ether oxygens (including phenoxy) is 2. The van der Waals surface area contributed by atoms with Crippen molar-refractivity contribution in [3.8, 4) is 22.6 Å². The first-order chi connectivity index (χ1) is 11.3. The van der Waals surface area contributed by atoms with Gasteiger partial charge in [-0.15, -0.1) is 0 Å². The van der Waals surface area contributed by atoms with Gasteiger partial charge >= 0.3 is 11.9 Å². The van der Waals surface area contributed by atoms with Gasteiger partial charge in [0.05, 0.1) is 0 Å². The van der Waals surface area contributed by atoms with E-state index in [1.165, 1.54) is 31.2 Å². The number of carbonyl (C=O) groups excluding carboxylic acids is 2. The molecule has 0 unspecified atom stereocenters. The molecule has 0 bridgehead atoms. The van der Waals surface area contributed by atoms with Crippen molar-refractivity contribution in [1.29, 1.82) is 0 Å². The van der Waals surface area contributed by atoms with Crippen molar-refractivity contribution in [2.75, 3.05) is 0 Å². The van der Waals surface area contributed by atoms with E-state index in [0.717, 1.165) is 19.1 Å². The molecule has 0 spiro atoms. The summed E-state index contributed by atoms with van der Waals surface area (Å²) in [6.07, 6.45) is 0. The highest BCUT2D eigenvalue weighted by molar-refractivity contribution is 5.88. The Morgan fingerprint density at radius 3 is 1.71 bits per heavy atom. The van der Waals surface area contributed by atoms with E-state index in [4.69, 9.17) is 9.47 Å². The third kappa shape index (κ3) is 4.04. The lowest BCUT2D eigenvalue weighted by molar-refractivity contribution is -0.132. The highest BCUT2D eigenvalue weighted by Gasteiger charge is 2.13. The number of halogens is 2. The molecule has 2 rings (SSSR count). The Morgan fingerprint density at radius 1 is 0.875 bits per heavy atom. The van der Waals surface area contributed by atoms with Crippen molar-refractivity contribution in [2.24, 2.45) is 0 Å². The van der Waals surface area contributed by atoms with Crippen LogP contribution in [0, 0.1) is 11.6 Å². The number of benzene rings is 2. The minimum absolute atomic E-state index is 0.140. The van der Waals surface area contributed by atoms with Crippen LogP contribution in [0.3, 0.4) is 0 Å². The van der Waals surface area contributed by atoms with Gasteiger partial charge in [0.1, 0.15) is 0 Å². The van der Waals surface area contributed by atoms with Crippen LogP contribution in [0.4, 0.5) is 8.78 Å². The van der Waals surface area contributed by atoms with Crippen LogP contribution in [0.2, 0.25) is 0 Å². The summed E-state index contributed by atoms with van der Waals surface area (Å²) in [5.41, 5.74) is 0.887. The van der Waals surface area contributed by atoms with Crippen LogP contribution < -0.4 is 9.47 Å². The highest BCUT2D eigenvalue weighted by Crippen LogP contribution is 2.29. The molecule has 0 atom stereocenters. The zero-order chi connectivity index (χ0) is 17.9. The lowest BCUT2D eigenvalue weighted by Gasteiger charge is -2.09. The predicted molar refractivity (Wildman–Crippen MR) is 83.6 cm³/mol. The minimum Gasteiger partial charge on any atom is -0.424 e. The summed E-state index contributed by atoms with van der Waals surface area (Å²) in [6.45, 7) is 6.02. The Kier molecular flexibility index (Phi) is 5.08. The molecule has 124 valence electrons. The first-order valence-electron chi connectivity index (χ1n) is 6.93. The molecule has 24 heavy (non-hydrogen) atoms. The van der Waals surface area contributed by atoms with E-state index >= 15 is 0 Å². The van der Waals surface area contributed by atoms with Crippen LogP contribution in [0.25, 0.3) is 11.1 Å². The fraction of sp³-hybridized carbons (Fsp3) is 0.111. The van der Waals surface area contributed by atoms with Crippen molar-refractivity contribution in [1.82, 2.24) is 0 Å². The average molecular weight is 332 g/mol. The quantitative estimate of drug-likeness (QED) is 0.482. The van der Waals surface area contributed by atoms with Crippen LogP contribution >= 0.6 is 0 Å². The Bertz CT molecular complexity index is 828. The lowest BCUT2D eigenvalue weighted by atomic mass is 10.0. The molecule has 0 amide bonds.